The molecule has 0 atom stereocenters. The van der Waals surface area contributed by atoms with Crippen LogP contribution in [0.5, 0.6) is 17.2 Å². The molecule has 0 aliphatic rings. The van der Waals surface area contributed by atoms with E-state index in [0.717, 1.165) is 28.3 Å². The van der Waals surface area contributed by atoms with Gasteiger partial charge in [0.1, 0.15) is 35.2 Å². The molecule has 3 aromatic carbocycles. The summed E-state index contributed by atoms with van der Waals surface area (Å²) in [5.41, 5.74) is 3.10. The van der Waals surface area contributed by atoms with E-state index in [1.165, 1.54) is 7.11 Å². The Morgan fingerprint density at radius 2 is 1.66 bits per heavy atom. The van der Waals surface area contributed by atoms with E-state index in [0.29, 0.717) is 36.0 Å². The molecular weight excluding hydrogens is 446 g/mol. The molecule has 0 amide bonds. The van der Waals surface area contributed by atoms with E-state index in [1.807, 2.05) is 61.5 Å². The van der Waals surface area contributed by atoms with Crippen LogP contribution in [0.25, 0.3) is 11.5 Å². The third-order valence-corrected chi connectivity index (χ3v) is 5.43. The third-order valence-electron chi connectivity index (χ3n) is 5.43. The Labute approximate surface area is 204 Å². The van der Waals surface area contributed by atoms with Crippen LogP contribution in [0.15, 0.2) is 77.2 Å². The van der Waals surface area contributed by atoms with Gasteiger partial charge in [-0.25, -0.2) is 9.78 Å². The van der Waals surface area contributed by atoms with Crippen LogP contribution in [0.4, 0.5) is 0 Å². The molecule has 0 saturated carbocycles. The van der Waals surface area contributed by atoms with Crippen molar-refractivity contribution in [2.45, 2.75) is 20.0 Å². The van der Waals surface area contributed by atoms with Crippen molar-refractivity contribution in [1.29, 1.82) is 0 Å². The maximum Gasteiger partial charge on any atom is 0.341 e. The highest BCUT2D eigenvalue weighted by Crippen LogP contribution is 2.27. The van der Waals surface area contributed by atoms with E-state index in [2.05, 4.69) is 4.98 Å². The van der Waals surface area contributed by atoms with Crippen LogP contribution in [0.2, 0.25) is 0 Å². The van der Waals surface area contributed by atoms with Crippen LogP contribution in [0.3, 0.4) is 0 Å². The first-order valence-electron chi connectivity index (χ1n) is 11.2. The van der Waals surface area contributed by atoms with E-state index in [-0.39, 0.29) is 6.61 Å². The molecule has 1 heterocycles. The van der Waals surface area contributed by atoms with Crippen molar-refractivity contribution in [2.75, 3.05) is 20.8 Å². The zero-order chi connectivity index (χ0) is 24.6. The van der Waals surface area contributed by atoms with E-state index in [9.17, 15) is 4.79 Å². The maximum atomic E-state index is 12.0. The fraction of sp³-hybridized carbons (Fsp3) is 0.214. The molecule has 0 radical (unpaired) electrons. The summed E-state index contributed by atoms with van der Waals surface area (Å²) in [4.78, 5) is 16.6. The summed E-state index contributed by atoms with van der Waals surface area (Å²) < 4.78 is 27.6. The molecule has 0 aliphatic heterocycles. The standard InChI is InChI=1S/C28H27NO6/c1-19-25(29-27(35-19)21-7-5-4-6-8-21)15-16-33-22-11-9-20(10-12-22)18-34-26-17-23(31-2)13-14-24(26)28(30)32-3/h4-14,17H,15-16,18H2,1-3H3. The van der Waals surface area contributed by atoms with Crippen LogP contribution in [0, 0.1) is 6.92 Å². The summed E-state index contributed by atoms with van der Waals surface area (Å²) in [5, 5.41) is 0. The van der Waals surface area contributed by atoms with Gasteiger partial charge < -0.3 is 23.4 Å². The molecular formula is C28H27NO6. The van der Waals surface area contributed by atoms with Gasteiger partial charge in [-0.15, -0.1) is 0 Å². The molecule has 4 rings (SSSR count). The number of esters is 1. The van der Waals surface area contributed by atoms with Gasteiger partial charge >= 0.3 is 5.97 Å². The van der Waals surface area contributed by atoms with Gasteiger partial charge in [0, 0.05) is 18.1 Å². The van der Waals surface area contributed by atoms with Gasteiger partial charge in [0.2, 0.25) is 5.89 Å². The number of benzene rings is 3. The number of oxazole rings is 1. The van der Waals surface area contributed by atoms with Gasteiger partial charge in [0.15, 0.2) is 0 Å². The average Bonchev–Trinajstić information content (AvgIpc) is 3.28. The number of carbonyl (C=O) groups excluding carboxylic acids is 1. The highest BCUT2D eigenvalue weighted by Gasteiger charge is 2.15. The lowest BCUT2D eigenvalue weighted by molar-refractivity contribution is 0.0595. The predicted octanol–water partition coefficient (Wildman–Crippen LogP) is 5.65. The van der Waals surface area contributed by atoms with Gasteiger partial charge in [-0.3, -0.25) is 0 Å². The Kier molecular flexibility index (Phi) is 7.67. The molecule has 0 aliphatic carbocycles. The van der Waals surface area contributed by atoms with E-state index in [1.54, 1.807) is 25.3 Å². The lowest BCUT2D eigenvalue weighted by Gasteiger charge is -2.12. The molecule has 180 valence electrons. The fourth-order valence-corrected chi connectivity index (χ4v) is 3.50. The van der Waals surface area contributed by atoms with E-state index in [4.69, 9.17) is 23.4 Å². The number of aryl methyl sites for hydroxylation is 1. The number of carbonyl (C=O) groups is 1. The molecule has 0 N–H and O–H groups in total. The quantitative estimate of drug-likeness (QED) is 0.276. The largest absolute Gasteiger partial charge is 0.497 e. The molecule has 0 fully saturated rings. The first-order chi connectivity index (χ1) is 17.1. The minimum Gasteiger partial charge on any atom is -0.497 e. The number of hydrogen-bond donors (Lipinski definition) is 0. The summed E-state index contributed by atoms with van der Waals surface area (Å²) in [6.45, 7) is 2.67. The predicted molar refractivity (Wildman–Crippen MR) is 131 cm³/mol. The van der Waals surface area contributed by atoms with Crippen molar-refractivity contribution in [3.63, 3.8) is 0 Å². The topological polar surface area (TPSA) is 80.0 Å². The molecule has 0 spiro atoms. The van der Waals surface area contributed by atoms with Gasteiger partial charge in [-0.1, -0.05) is 30.3 Å². The number of hydrogen-bond acceptors (Lipinski definition) is 7. The van der Waals surface area contributed by atoms with E-state index < -0.39 is 5.97 Å². The summed E-state index contributed by atoms with van der Waals surface area (Å²) in [6, 6.07) is 22.4. The molecule has 0 bridgehead atoms. The number of methoxy groups -OCH3 is 2. The Bertz CT molecular complexity index is 1260. The zero-order valence-corrected chi connectivity index (χ0v) is 19.9. The second-order valence-corrected chi connectivity index (χ2v) is 7.77. The molecule has 0 unspecified atom stereocenters. The van der Waals surface area contributed by atoms with Crippen molar-refractivity contribution >= 4 is 5.97 Å². The fourth-order valence-electron chi connectivity index (χ4n) is 3.50. The Morgan fingerprint density at radius 3 is 2.37 bits per heavy atom. The second kappa shape index (κ2) is 11.2. The van der Waals surface area contributed by atoms with Gasteiger partial charge in [0.25, 0.3) is 0 Å². The van der Waals surface area contributed by atoms with Crippen molar-refractivity contribution in [3.8, 4) is 28.7 Å². The monoisotopic (exact) mass is 473 g/mol. The molecule has 7 heteroatoms. The van der Waals surface area contributed by atoms with Crippen molar-refractivity contribution in [3.05, 3.63) is 95.4 Å². The zero-order valence-electron chi connectivity index (χ0n) is 19.9. The SMILES string of the molecule is COC(=O)c1ccc(OC)cc1OCc1ccc(OCCc2nc(-c3ccccc3)oc2C)cc1. The third kappa shape index (κ3) is 6.00. The Balaban J connectivity index is 1.32. The number of nitrogens with zero attached hydrogens (tertiary/aromatic N) is 1. The van der Waals surface area contributed by atoms with Gasteiger partial charge in [-0.05, 0) is 48.9 Å². The molecule has 4 aromatic rings. The summed E-state index contributed by atoms with van der Waals surface area (Å²) in [5.74, 6) is 2.68. The van der Waals surface area contributed by atoms with Crippen LogP contribution in [-0.2, 0) is 17.8 Å². The minimum atomic E-state index is -0.468. The highest BCUT2D eigenvalue weighted by molar-refractivity contribution is 5.92. The van der Waals surface area contributed by atoms with Gasteiger partial charge in [-0.2, -0.15) is 0 Å². The van der Waals surface area contributed by atoms with Crippen LogP contribution in [-0.4, -0.2) is 31.8 Å². The van der Waals surface area contributed by atoms with Crippen LogP contribution >= 0.6 is 0 Å². The van der Waals surface area contributed by atoms with Crippen molar-refractivity contribution < 1.29 is 28.2 Å². The number of rotatable bonds is 10. The first kappa shape index (κ1) is 23.9. The Hall–Kier alpha value is -4.26. The normalized spacial score (nSPS) is 10.6. The van der Waals surface area contributed by atoms with Crippen molar-refractivity contribution in [1.82, 2.24) is 4.98 Å². The molecule has 7 nitrogen and oxygen atoms in total. The molecule has 0 saturated heterocycles. The number of aromatic nitrogens is 1. The second-order valence-electron chi connectivity index (χ2n) is 7.77. The van der Waals surface area contributed by atoms with Crippen molar-refractivity contribution in [2.24, 2.45) is 0 Å². The lowest BCUT2D eigenvalue weighted by Crippen LogP contribution is -2.06. The lowest BCUT2D eigenvalue weighted by atomic mass is 10.2. The van der Waals surface area contributed by atoms with Gasteiger partial charge in [0.05, 0.1) is 26.5 Å². The van der Waals surface area contributed by atoms with Crippen LogP contribution in [0.1, 0.15) is 27.4 Å². The Morgan fingerprint density at radius 1 is 0.914 bits per heavy atom. The summed E-state index contributed by atoms with van der Waals surface area (Å²) in [6.07, 6.45) is 0.638. The van der Waals surface area contributed by atoms with E-state index >= 15 is 0 Å². The number of ether oxygens (including phenoxy) is 4. The summed E-state index contributed by atoms with van der Waals surface area (Å²) in [7, 11) is 2.89. The maximum absolute atomic E-state index is 12.0. The average molecular weight is 474 g/mol. The first-order valence-corrected chi connectivity index (χ1v) is 11.2. The van der Waals surface area contributed by atoms with Crippen LogP contribution < -0.4 is 14.2 Å². The molecule has 35 heavy (non-hydrogen) atoms. The highest BCUT2D eigenvalue weighted by atomic mass is 16.5. The minimum absolute atomic E-state index is 0.276. The summed E-state index contributed by atoms with van der Waals surface area (Å²) >= 11 is 0. The molecule has 1 aromatic heterocycles. The smallest absolute Gasteiger partial charge is 0.341 e.